The molecule has 0 unspecified atom stereocenters. The maximum Gasteiger partial charge on any atom is 0.422 e. The molecule has 0 radical (unpaired) electrons. The molecule has 1 N–H and O–H groups in total. The Morgan fingerprint density at radius 3 is 2.54 bits per heavy atom. The predicted molar refractivity (Wildman–Crippen MR) is 95.8 cm³/mol. The van der Waals surface area contributed by atoms with E-state index in [0.717, 1.165) is 6.26 Å². The number of benzene rings is 1. The van der Waals surface area contributed by atoms with Gasteiger partial charge in [-0.15, -0.1) is 0 Å². The monoisotopic (exact) mass is 412 g/mol. The third-order valence-electron chi connectivity index (χ3n) is 3.68. The smallest absolute Gasteiger partial charge is 0.422 e. The van der Waals surface area contributed by atoms with E-state index in [2.05, 4.69) is 25.0 Å². The third-order valence-corrected chi connectivity index (χ3v) is 4.79. The number of anilines is 1. The van der Waals surface area contributed by atoms with E-state index in [-0.39, 0.29) is 17.3 Å². The summed E-state index contributed by atoms with van der Waals surface area (Å²) >= 11 is 0. The van der Waals surface area contributed by atoms with Crippen LogP contribution in [0.2, 0.25) is 0 Å². The van der Waals surface area contributed by atoms with Crippen LogP contribution in [0.3, 0.4) is 0 Å². The highest BCUT2D eigenvalue weighted by Gasteiger charge is 2.28. The Kier molecular flexibility index (Phi) is 5.36. The molecule has 3 aromatic rings. The number of pyridine rings is 1. The van der Waals surface area contributed by atoms with Gasteiger partial charge in [0.25, 0.3) is 0 Å². The lowest BCUT2D eigenvalue weighted by Gasteiger charge is -2.10. The van der Waals surface area contributed by atoms with Crippen LogP contribution in [0.4, 0.5) is 19.0 Å². The van der Waals surface area contributed by atoms with Crippen molar-refractivity contribution in [3.8, 4) is 5.88 Å². The van der Waals surface area contributed by atoms with Crippen molar-refractivity contribution in [3.05, 3.63) is 48.4 Å². The van der Waals surface area contributed by atoms with E-state index < -0.39 is 22.6 Å². The molecule has 0 saturated carbocycles. The molecule has 11 heteroatoms. The molecule has 148 valence electrons. The largest absolute Gasteiger partial charge is 0.468 e. The number of aromatic nitrogens is 3. The van der Waals surface area contributed by atoms with Crippen molar-refractivity contribution in [3.63, 3.8) is 0 Å². The molecule has 0 amide bonds. The number of nitrogens with zero attached hydrogens (tertiary/aromatic N) is 3. The lowest BCUT2D eigenvalue weighted by Crippen LogP contribution is -2.19. The molecule has 3 rings (SSSR count). The number of hydrogen-bond donors (Lipinski definition) is 1. The molecule has 0 spiro atoms. The van der Waals surface area contributed by atoms with Gasteiger partial charge < -0.3 is 10.1 Å². The lowest BCUT2D eigenvalue weighted by atomic mass is 10.2. The predicted octanol–water partition coefficient (Wildman–Crippen LogP) is 2.98. The van der Waals surface area contributed by atoms with Gasteiger partial charge in [0.15, 0.2) is 16.4 Å². The summed E-state index contributed by atoms with van der Waals surface area (Å²) in [5.74, 6) is 0.291. The summed E-state index contributed by atoms with van der Waals surface area (Å²) in [6.45, 7) is -1.14. The Morgan fingerprint density at radius 2 is 1.89 bits per heavy atom. The van der Waals surface area contributed by atoms with Crippen molar-refractivity contribution in [2.45, 2.75) is 17.6 Å². The van der Waals surface area contributed by atoms with Gasteiger partial charge in [0.1, 0.15) is 12.1 Å². The number of nitrogens with one attached hydrogen (secondary N) is 1. The highest BCUT2D eigenvalue weighted by molar-refractivity contribution is 7.90. The molecule has 2 heterocycles. The molecule has 0 atom stereocenters. The summed E-state index contributed by atoms with van der Waals surface area (Å²) in [6, 6.07) is 7.45. The minimum atomic E-state index is -4.43. The van der Waals surface area contributed by atoms with Crippen molar-refractivity contribution in [2.24, 2.45) is 0 Å². The number of ether oxygens (including phenoxy) is 1. The Hall–Kier alpha value is -2.95. The minimum Gasteiger partial charge on any atom is -0.468 e. The number of fused-ring (bicyclic) bond motifs is 1. The summed E-state index contributed by atoms with van der Waals surface area (Å²) in [6.07, 6.45) is -0.596. The van der Waals surface area contributed by atoms with Crippen LogP contribution in [0.25, 0.3) is 10.9 Å². The standard InChI is InChI=1S/C17H15F3N4O3S/c1-28(25,26)12-3-4-14-13(6-12)16(24-10-23-14)22-8-11-2-5-15(21-7-11)27-9-17(18,19)20/h2-7,10H,8-9H2,1H3,(H,22,23,24). The van der Waals surface area contributed by atoms with Gasteiger partial charge in [-0.1, -0.05) is 6.07 Å². The van der Waals surface area contributed by atoms with Crippen LogP contribution < -0.4 is 10.1 Å². The zero-order valence-corrected chi connectivity index (χ0v) is 15.4. The van der Waals surface area contributed by atoms with Crippen LogP contribution in [-0.2, 0) is 16.4 Å². The number of hydrogen-bond acceptors (Lipinski definition) is 7. The van der Waals surface area contributed by atoms with Gasteiger partial charge in [0, 0.05) is 30.4 Å². The fraction of sp³-hybridized carbons (Fsp3) is 0.235. The first-order chi connectivity index (χ1) is 13.1. The van der Waals surface area contributed by atoms with Crippen LogP contribution in [0, 0.1) is 0 Å². The maximum absolute atomic E-state index is 12.1. The Labute approximate surface area is 158 Å². The molecular weight excluding hydrogens is 397 g/mol. The molecule has 0 aliphatic carbocycles. The molecule has 28 heavy (non-hydrogen) atoms. The van der Waals surface area contributed by atoms with Crippen molar-refractivity contribution in [1.82, 2.24) is 15.0 Å². The molecule has 0 aliphatic heterocycles. The number of rotatable bonds is 6. The Balaban J connectivity index is 1.74. The van der Waals surface area contributed by atoms with Gasteiger partial charge in [-0.25, -0.2) is 23.4 Å². The molecule has 7 nitrogen and oxygen atoms in total. The quantitative estimate of drug-likeness (QED) is 0.665. The topological polar surface area (TPSA) is 94.1 Å². The van der Waals surface area contributed by atoms with E-state index in [1.54, 1.807) is 12.1 Å². The minimum absolute atomic E-state index is 0.133. The van der Waals surface area contributed by atoms with Gasteiger partial charge in [0.2, 0.25) is 5.88 Å². The van der Waals surface area contributed by atoms with Gasteiger partial charge >= 0.3 is 6.18 Å². The average molecular weight is 412 g/mol. The second-order valence-corrected chi connectivity index (χ2v) is 7.95. The van der Waals surface area contributed by atoms with E-state index in [0.29, 0.717) is 22.3 Å². The van der Waals surface area contributed by atoms with Crippen molar-refractivity contribution >= 4 is 26.6 Å². The summed E-state index contributed by atoms with van der Waals surface area (Å²) in [4.78, 5) is 12.2. The van der Waals surface area contributed by atoms with E-state index in [4.69, 9.17) is 0 Å². The summed E-state index contributed by atoms with van der Waals surface area (Å²) in [5.41, 5.74) is 1.24. The Morgan fingerprint density at radius 1 is 1.11 bits per heavy atom. The normalized spacial score (nSPS) is 12.1. The van der Waals surface area contributed by atoms with E-state index in [1.165, 1.54) is 30.7 Å². The average Bonchev–Trinajstić information content (AvgIpc) is 2.63. The zero-order chi connectivity index (χ0) is 20.4. The number of halogens is 3. The fourth-order valence-corrected chi connectivity index (χ4v) is 3.00. The first-order valence-electron chi connectivity index (χ1n) is 7.95. The molecule has 0 bridgehead atoms. The van der Waals surface area contributed by atoms with Crippen LogP contribution >= 0.6 is 0 Å². The van der Waals surface area contributed by atoms with Crippen LogP contribution in [0.1, 0.15) is 5.56 Å². The Bertz CT molecular complexity index is 1090. The number of sulfone groups is 1. The first kappa shape index (κ1) is 19.8. The lowest BCUT2D eigenvalue weighted by molar-refractivity contribution is -0.154. The maximum atomic E-state index is 12.1. The summed E-state index contributed by atoms with van der Waals surface area (Å²) in [5, 5.41) is 3.58. The fourth-order valence-electron chi connectivity index (χ4n) is 2.35. The van der Waals surface area contributed by atoms with E-state index >= 15 is 0 Å². The van der Waals surface area contributed by atoms with E-state index in [1.807, 2.05) is 0 Å². The summed E-state index contributed by atoms with van der Waals surface area (Å²) in [7, 11) is -3.39. The van der Waals surface area contributed by atoms with Crippen molar-refractivity contribution in [1.29, 1.82) is 0 Å². The van der Waals surface area contributed by atoms with Crippen LogP contribution in [-0.4, -0.2) is 42.4 Å². The highest BCUT2D eigenvalue weighted by Crippen LogP contribution is 2.23. The molecule has 0 saturated heterocycles. The highest BCUT2D eigenvalue weighted by atomic mass is 32.2. The second kappa shape index (κ2) is 7.58. The molecule has 0 aliphatic rings. The van der Waals surface area contributed by atoms with Crippen LogP contribution in [0.15, 0.2) is 47.8 Å². The van der Waals surface area contributed by atoms with Crippen molar-refractivity contribution in [2.75, 3.05) is 18.2 Å². The van der Waals surface area contributed by atoms with E-state index in [9.17, 15) is 21.6 Å². The molecular formula is C17H15F3N4O3S. The van der Waals surface area contributed by atoms with Gasteiger partial charge in [-0.3, -0.25) is 0 Å². The zero-order valence-electron chi connectivity index (χ0n) is 14.6. The second-order valence-electron chi connectivity index (χ2n) is 5.94. The SMILES string of the molecule is CS(=O)(=O)c1ccc2ncnc(NCc3ccc(OCC(F)(F)F)nc3)c2c1. The molecule has 2 aromatic heterocycles. The third kappa shape index (κ3) is 5.06. The number of alkyl halides is 3. The van der Waals surface area contributed by atoms with Gasteiger partial charge in [-0.2, -0.15) is 13.2 Å². The molecule has 0 fully saturated rings. The van der Waals surface area contributed by atoms with Crippen molar-refractivity contribution < 1.29 is 26.3 Å². The first-order valence-corrected chi connectivity index (χ1v) is 9.84. The molecule has 1 aromatic carbocycles. The summed E-state index contributed by atoms with van der Waals surface area (Å²) < 4.78 is 64.5. The van der Waals surface area contributed by atoms with Crippen LogP contribution in [0.5, 0.6) is 5.88 Å². The van der Waals surface area contributed by atoms with Gasteiger partial charge in [-0.05, 0) is 23.8 Å². The van der Waals surface area contributed by atoms with Gasteiger partial charge in [0.05, 0.1) is 10.4 Å².